The Morgan fingerprint density at radius 3 is 2.33 bits per heavy atom. The number of carbonyl (C=O) groups excluding carboxylic acids is 2. The summed E-state index contributed by atoms with van der Waals surface area (Å²) in [6.45, 7) is 2.54. The predicted octanol–water partition coefficient (Wildman–Crippen LogP) is 4.76. The van der Waals surface area contributed by atoms with Gasteiger partial charge in [-0.15, -0.1) is 0 Å². The molecule has 3 aromatic carbocycles. The highest BCUT2D eigenvalue weighted by atomic mass is 32.2. The molecule has 0 spiro atoms. The van der Waals surface area contributed by atoms with Crippen molar-refractivity contribution in [2.24, 2.45) is 4.99 Å². The fraction of sp³-hybridized carbons (Fsp3) is 0.300. The third-order valence-corrected chi connectivity index (χ3v) is 8.47. The van der Waals surface area contributed by atoms with Crippen molar-refractivity contribution in [1.82, 2.24) is 9.21 Å². The first kappa shape index (κ1) is 29.0. The fourth-order valence-corrected chi connectivity index (χ4v) is 5.67. The van der Waals surface area contributed by atoms with Gasteiger partial charge in [0.1, 0.15) is 0 Å². The Bertz CT molecular complexity index is 1540. The van der Waals surface area contributed by atoms with Crippen LogP contribution in [-0.4, -0.2) is 62.6 Å². The molecule has 210 valence electrons. The zero-order chi connectivity index (χ0) is 28.7. The van der Waals surface area contributed by atoms with Crippen LogP contribution in [-0.2, 0) is 24.3 Å². The molecule has 0 saturated heterocycles. The number of hydrogen-bond donors (Lipinski definition) is 1. The number of cyclic esters (lactones) is 1. The Hall–Kier alpha value is -4.02. The standard InChI is InChI=1S/C30H34N4O5S/c1-22(35)31-24-15-17-25(18-16-24)40(37,38)34(3)20-9-5-4-8-19-33(2)21-28-30(36)39-29(32-28)27-14-10-12-23-11-6-7-13-26(23)27/h6-7,10-18,21H,4-5,8-9,19-20H2,1-3H3,(H,31,35)/b28-21+. The smallest absolute Gasteiger partial charge is 0.365 e. The number of esters is 1. The van der Waals surface area contributed by atoms with Gasteiger partial charge in [0.05, 0.1) is 4.90 Å². The van der Waals surface area contributed by atoms with Crippen LogP contribution in [0.15, 0.2) is 88.5 Å². The maximum Gasteiger partial charge on any atom is 0.365 e. The largest absolute Gasteiger partial charge is 0.402 e. The number of aliphatic imine (C=N–C) groups is 1. The molecule has 0 fully saturated rings. The predicted molar refractivity (Wildman–Crippen MR) is 156 cm³/mol. The van der Waals surface area contributed by atoms with E-state index < -0.39 is 16.0 Å². The zero-order valence-corrected chi connectivity index (χ0v) is 23.8. The van der Waals surface area contributed by atoms with E-state index in [9.17, 15) is 18.0 Å². The number of nitrogens with zero attached hydrogens (tertiary/aromatic N) is 3. The zero-order valence-electron chi connectivity index (χ0n) is 23.0. The summed E-state index contributed by atoms with van der Waals surface area (Å²) in [6, 6.07) is 19.9. The average Bonchev–Trinajstić information content (AvgIpc) is 3.29. The number of benzene rings is 3. The number of ether oxygens (including phenoxy) is 1. The molecule has 4 rings (SSSR count). The lowest BCUT2D eigenvalue weighted by Gasteiger charge is -2.18. The highest BCUT2D eigenvalue weighted by molar-refractivity contribution is 7.89. The lowest BCUT2D eigenvalue weighted by atomic mass is 10.0. The second kappa shape index (κ2) is 12.9. The lowest BCUT2D eigenvalue weighted by Crippen LogP contribution is -2.28. The molecule has 3 aromatic rings. The van der Waals surface area contributed by atoms with Crippen LogP contribution in [0.3, 0.4) is 0 Å². The van der Waals surface area contributed by atoms with Gasteiger partial charge in [0.25, 0.3) is 0 Å². The Labute approximate surface area is 235 Å². The molecule has 0 unspecified atom stereocenters. The van der Waals surface area contributed by atoms with Gasteiger partial charge < -0.3 is 15.0 Å². The van der Waals surface area contributed by atoms with Crippen LogP contribution in [0.5, 0.6) is 0 Å². The van der Waals surface area contributed by atoms with E-state index in [2.05, 4.69) is 10.3 Å². The van der Waals surface area contributed by atoms with Gasteiger partial charge in [-0.1, -0.05) is 49.2 Å². The number of hydrogen-bond acceptors (Lipinski definition) is 7. The van der Waals surface area contributed by atoms with Crippen LogP contribution in [0.2, 0.25) is 0 Å². The van der Waals surface area contributed by atoms with E-state index in [0.29, 0.717) is 18.1 Å². The van der Waals surface area contributed by atoms with Crippen molar-refractivity contribution < 1.29 is 22.7 Å². The van der Waals surface area contributed by atoms with Crippen molar-refractivity contribution in [2.75, 3.05) is 32.5 Å². The van der Waals surface area contributed by atoms with Crippen molar-refractivity contribution in [1.29, 1.82) is 0 Å². The summed E-state index contributed by atoms with van der Waals surface area (Å²) in [4.78, 5) is 30.2. The van der Waals surface area contributed by atoms with Crippen molar-refractivity contribution >= 4 is 44.3 Å². The normalized spacial score (nSPS) is 14.4. The van der Waals surface area contributed by atoms with Crippen molar-refractivity contribution in [2.45, 2.75) is 37.5 Å². The molecular formula is C30H34N4O5S. The summed E-state index contributed by atoms with van der Waals surface area (Å²) in [7, 11) is -0.131. The Kier molecular flexibility index (Phi) is 9.34. The lowest BCUT2D eigenvalue weighted by molar-refractivity contribution is -0.130. The SMILES string of the molecule is CC(=O)Nc1ccc(S(=O)(=O)N(C)CCCCCCN(C)/C=C2/N=C(c3cccc4ccccc34)OC2=O)cc1. The van der Waals surface area contributed by atoms with Gasteiger partial charge in [0, 0.05) is 51.6 Å². The van der Waals surface area contributed by atoms with Gasteiger partial charge in [0.2, 0.25) is 21.8 Å². The van der Waals surface area contributed by atoms with Crippen LogP contribution < -0.4 is 5.32 Å². The summed E-state index contributed by atoms with van der Waals surface area (Å²) in [6.07, 6.45) is 5.11. The highest BCUT2D eigenvalue weighted by Crippen LogP contribution is 2.24. The number of fused-ring (bicyclic) bond motifs is 1. The number of nitrogens with one attached hydrogen (secondary N) is 1. The maximum absolute atomic E-state index is 12.8. The van der Waals surface area contributed by atoms with Gasteiger partial charge in [0.15, 0.2) is 5.70 Å². The van der Waals surface area contributed by atoms with E-state index in [-0.39, 0.29) is 16.5 Å². The van der Waals surface area contributed by atoms with Crippen molar-refractivity contribution in [3.8, 4) is 0 Å². The van der Waals surface area contributed by atoms with Crippen LogP contribution in [0.25, 0.3) is 10.8 Å². The van der Waals surface area contributed by atoms with Gasteiger partial charge in [-0.2, -0.15) is 0 Å². The minimum atomic E-state index is -3.60. The first-order valence-electron chi connectivity index (χ1n) is 13.2. The minimum Gasteiger partial charge on any atom is -0.402 e. The molecule has 1 aliphatic heterocycles. The molecule has 0 aromatic heterocycles. The molecule has 40 heavy (non-hydrogen) atoms. The van der Waals surface area contributed by atoms with E-state index in [1.165, 1.54) is 23.4 Å². The average molecular weight is 563 g/mol. The molecule has 1 heterocycles. The molecule has 10 heteroatoms. The summed E-state index contributed by atoms with van der Waals surface area (Å²) in [5.41, 5.74) is 1.60. The van der Waals surface area contributed by atoms with Gasteiger partial charge in [-0.05, 0) is 53.9 Å². The molecule has 0 atom stereocenters. The Balaban J connectivity index is 1.22. The number of amides is 1. The summed E-state index contributed by atoms with van der Waals surface area (Å²) in [5, 5.41) is 4.65. The second-order valence-corrected chi connectivity index (χ2v) is 11.8. The van der Waals surface area contributed by atoms with E-state index in [4.69, 9.17) is 4.74 Å². The summed E-state index contributed by atoms with van der Waals surface area (Å²) < 4.78 is 32.5. The number of unbranched alkanes of at least 4 members (excludes halogenated alkanes) is 3. The first-order valence-corrected chi connectivity index (χ1v) is 14.6. The monoisotopic (exact) mass is 562 g/mol. The second-order valence-electron chi connectivity index (χ2n) is 9.77. The fourth-order valence-electron chi connectivity index (χ4n) is 4.46. The minimum absolute atomic E-state index is 0.190. The van der Waals surface area contributed by atoms with Gasteiger partial charge in [-0.25, -0.2) is 22.5 Å². The molecule has 9 nitrogen and oxygen atoms in total. The summed E-state index contributed by atoms with van der Waals surface area (Å²) >= 11 is 0. The number of rotatable bonds is 12. The van der Waals surface area contributed by atoms with Crippen LogP contribution >= 0.6 is 0 Å². The van der Waals surface area contributed by atoms with E-state index >= 15 is 0 Å². The third kappa shape index (κ3) is 7.13. The molecule has 0 bridgehead atoms. The van der Waals surface area contributed by atoms with Crippen molar-refractivity contribution in [3.63, 3.8) is 0 Å². The Morgan fingerprint density at radius 2 is 1.60 bits per heavy atom. The van der Waals surface area contributed by atoms with Crippen LogP contribution in [0.4, 0.5) is 5.69 Å². The number of carbonyl (C=O) groups is 2. The molecule has 1 N–H and O–H groups in total. The molecule has 1 aliphatic rings. The van der Waals surface area contributed by atoms with Crippen LogP contribution in [0, 0.1) is 0 Å². The van der Waals surface area contributed by atoms with E-state index in [1.54, 1.807) is 25.4 Å². The van der Waals surface area contributed by atoms with E-state index in [0.717, 1.165) is 48.6 Å². The number of anilines is 1. The van der Waals surface area contributed by atoms with Gasteiger partial charge >= 0.3 is 5.97 Å². The molecular weight excluding hydrogens is 528 g/mol. The quantitative estimate of drug-likeness (QED) is 0.194. The van der Waals surface area contributed by atoms with Gasteiger partial charge in [-0.3, -0.25) is 4.79 Å². The first-order chi connectivity index (χ1) is 19.1. The third-order valence-electron chi connectivity index (χ3n) is 6.60. The highest BCUT2D eigenvalue weighted by Gasteiger charge is 2.26. The Morgan fingerprint density at radius 1 is 0.925 bits per heavy atom. The van der Waals surface area contributed by atoms with E-state index in [1.807, 2.05) is 54.4 Å². The molecule has 0 radical (unpaired) electrons. The van der Waals surface area contributed by atoms with Crippen LogP contribution in [0.1, 0.15) is 38.2 Å². The molecule has 0 aliphatic carbocycles. The van der Waals surface area contributed by atoms with Crippen molar-refractivity contribution in [3.05, 3.63) is 84.2 Å². The molecule has 0 saturated carbocycles. The maximum atomic E-state index is 12.8. The number of sulfonamides is 1. The summed E-state index contributed by atoms with van der Waals surface area (Å²) in [5.74, 6) is -0.371. The topological polar surface area (TPSA) is 108 Å². The molecule has 1 amide bonds.